The van der Waals surface area contributed by atoms with Crippen LogP contribution >= 0.6 is 22.9 Å². The van der Waals surface area contributed by atoms with E-state index < -0.39 is 12.3 Å². The SMILES string of the molecule is Cc1c(CC(=O)O)c2cc(O)c(Cl)cc2n1Cc1ccc(OC(F)(F)F)s1. The lowest BCUT2D eigenvalue weighted by Crippen LogP contribution is -2.16. The fourth-order valence-electron chi connectivity index (χ4n) is 2.90. The summed E-state index contributed by atoms with van der Waals surface area (Å²) in [6, 6.07) is 5.64. The Morgan fingerprint density at radius 1 is 1.33 bits per heavy atom. The van der Waals surface area contributed by atoms with Gasteiger partial charge in [-0.15, -0.1) is 24.5 Å². The number of halogens is 4. The quantitative estimate of drug-likeness (QED) is 0.614. The van der Waals surface area contributed by atoms with Crippen molar-refractivity contribution in [1.29, 1.82) is 0 Å². The highest BCUT2D eigenvalue weighted by Crippen LogP contribution is 2.36. The molecule has 0 radical (unpaired) electrons. The lowest BCUT2D eigenvalue weighted by atomic mass is 10.1. The molecule has 0 aliphatic carbocycles. The third-order valence-electron chi connectivity index (χ3n) is 4.02. The summed E-state index contributed by atoms with van der Waals surface area (Å²) in [6.45, 7) is 1.92. The minimum atomic E-state index is -4.77. The Balaban J connectivity index is 2.05. The zero-order chi connectivity index (χ0) is 19.9. The van der Waals surface area contributed by atoms with Crippen molar-refractivity contribution in [2.45, 2.75) is 26.3 Å². The van der Waals surface area contributed by atoms with Crippen LogP contribution in [-0.2, 0) is 17.8 Å². The van der Waals surface area contributed by atoms with Gasteiger partial charge in [-0.3, -0.25) is 4.79 Å². The zero-order valence-corrected chi connectivity index (χ0v) is 15.4. The summed E-state index contributed by atoms with van der Waals surface area (Å²) in [5.41, 5.74) is 1.71. The second-order valence-corrected chi connectivity index (χ2v) is 7.35. The Labute approximate surface area is 160 Å². The highest BCUT2D eigenvalue weighted by atomic mass is 35.5. The number of phenols is 1. The molecule has 0 saturated heterocycles. The molecule has 2 N–H and O–H groups in total. The van der Waals surface area contributed by atoms with Crippen LogP contribution in [0.25, 0.3) is 10.9 Å². The van der Waals surface area contributed by atoms with Gasteiger partial charge in [0.15, 0.2) is 5.06 Å². The second kappa shape index (κ2) is 6.97. The Bertz CT molecular complexity index is 1030. The third-order valence-corrected chi connectivity index (χ3v) is 5.27. The Kier molecular flexibility index (Phi) is 5.00. The number of aliphatic carboxylic acids is 1. The third kappa shape index (κ3) is 4.14. The smallest absolute Gasteiger partial charge is 0.506 e. The second-order valence-electron chi connectivity index (χ2n) is 5.81. The van der Waals surface area contributed by atoms with E-state index in [1.165, 1.54) is 24.3 Å². The topological polar surface area (TPSA) is 71.7 Å². The first-order valence-corrected chi connectivity index (χ1v) is 8.81. The zero-order valence-electron chi connectivity index (χ0n) is 13.8. The number of hydrogen-bond donors (Lipinski definition) is 2. The van der Waals surface area contributed by atoms with Gasteiger partial charge in [0.1, 0.15) is 5.75 Å². The number of rotatable bonds is 5. The maximum Gasteiger partial charge on any atom is 0.573 e. The predicted molar refractivity (Wildman–Crippen MR) is 94.8 cm³/mol. The molecule has 0 unspecified atom stereocenters. The maximum absolute atomic E-state index is 12.3. The Hall–Kier alpha value is -2.39. The molecular formula is C17H13ClF3NO4S. The number of aromatic hydroxyl groups is 1. The van der Waals surface area contributed by atoms with Gasteiger partial charge < -0.3 is 19.5 Å². The van der Waals surface area contributed by atoms with Crippen LogP contribution in [0.4, 0.5) is 13.2 Å². The average molecular weight is 420 g/mol. The van der Waals surface area contributed by atoms with Crippen LogP contribution in [0.2, 0.25) is 5.02 Å². The normalized spacial score (nSPS) is 11.9. The number of fused-ring (bicyclic) bond motifs is 1. The van der Waals surface area contributed by atoms with Gasteiger partial charge in [0, 0.05) is 16.0 Å². The van der Waals surface area contributed by atoms with Crippen molar-refractivity contribution in [3.8, 4) is 10.8 Å². The van der Waals surface area contributed by atoms with Crippen LogP contribution in [0.15, 0.2) is 24.3 Å². The molecular weight excluding hydrogens is 407 g/mol. The summed E-state index contributed by atoms with van der Waals surface area (Å²) in [5, 5.41) is 19.4. The number of carboxylic acid groups (broad SMARTS) is 1. The van der Waals surface area contributed by atoms with Gasteiger partial charge in [-0.05, 0) is 36.8 Å². The Morgan fingerprint density at radius 2 is 2.04 bits per heavy atom. The van der Waals surface area contributed by atoms with Crippen molar-refractivity contribution in [1.82, 2.24) is 4.57 Å². The molecule has 0 atom stereocenters. The number of phenolic OH excluding ortho intramolecular Hbond substituents is 1. The highest BCUT2D eigenvalue weighted by molar-refractivity contribution is 7.13. The number of benzene rings is 1. The van der Waals surface area contributed by atoms with E-state index >= 15 is 0 Å². The van der Waals surface area contributed by atoms with Crippen molar-refractivity contribution in [3.05, 3.63) is 45.4 Å². The molecule has 10 heteroatoms. The largest absolute Gasteiger partial charge is 0.573 e. The molecule has 27 heavy (non-hydrogen) atoms. The van der Waals surface area contributed by atoms with Gasteiger partial charge >= 0.3 is 12.3 Å². The van der Waals surface area contributed by atoms with Gasteiger partial charge in [-0.1, -0.05) is 11.6 Å². The monoisotopic (exact) mass is 419 g/mol. The standard InChI is InChI=1S/C17H13ClF3NO4S/c1-8-10(5-15(24)25)11-4-14(23)12(18)6-13(11)22(8)7-9-2-3-16(27-9)26-17(19,20)21/h2-4,6,23H,5,7H2,1H3,(H,24,25). The molecule has 144 valence electrons. The number of alkyl halides is 3. The van der Waals surface area contributed by atoms with Crippen LogP contribution in [0.3, 0.4) is 0 Å². The van der Waals surface area contributed by atoms with E-state index in [1.807, 2.05) is 0 Å². The number of hydrogen-bond acceptors (Lipinski definition) is 4. The van der Waals surface area contributed by atoms with Crippen molar-refractivity contribution in [3.63, 3.8) is 0 Å². The lowest BCUT2D eigenvalue weighted by molar-refractivity contribution is -0.273. The molecule has 0 fully saturated rings. The van der Waals surface area contributed by atoms with E-state index in [1.54, 1.807) is 11.5 Å². The first-order valence-electron chi connectivity index (χ1n) is 7.61. The highest BCUT2D eigenvalue weighted by Gasteiger charge is 2.31. The molecule has 0 aliphatic heterocycles. The van der Waals surface area contributed by atoms with E-state index in [9.17, 15) is 23.1 Å². The van der Waals surface area contributed by atoms with Crippen molar-refractivity contribution in [2.24, 2.45) is 0 Å². The summed E-state index contributed by atoms with van der Waals surface area (Å²) in [6.07, 6.45) is -5.03. The molecule has 3 aromatic rings. The van der Waals surface area contributed by atoms with Crippen molar-refractivity contribution in [2.75, 3.05) is 0 Å². The first kappa shape index (κ1) is 19.4. The molecule has 0 spiro atoms. The molecule has 0 aliphatic rings. The van der Waals surface area contributed by atoms with E-state index in [2.05, 4.69) is 4.74 Å². The van der Waals surface area contributed by atoms with E-state index in [4.69, 9.17) is 16.7 Å². The minimum Gasteiger partial charge on any atom is -0.506 e. The van der Waals surface area contributed by atoms with Crippen molar-refractivity contribution < 1.29 is 32.9 Å². The summed E-state index contributed by atoms with van der Waals surface area (Å²) >= 11 is 6.83. The van der Waals surface area contributed by atoms with Gasteiger partial charge in [-0.2, -0.15) is 0 Å². The van der Waals surface area contributed by atoms with Crippen LogP contribution in [0.5, 0.6) is 10.8 Å². The maximum atomic E-state index is 12.3. The van der Waals surface area contributed by atoms with Crippen LogP contribution < -0.4 is 4.74 Å². The summed E-state index contributed by atoms with van der Waals surface area (Å²) in [7, 11) is 0. The van der Waals surface area contributed by atoms with Crippen molar-refractivity contribution >= 4 is 39.8 Å². The van der Waals surface area contributed by atoms with E-state index in [0.717, 1.165) is 11.3 Å². The fraction of sp³-hybridized carbons (Fsp3) is 0.235. The molecule has 0 amide bonds. The van der Waals surface area contributed by atoms with Gasteiger partial charge in [-0.25, -0.2) is 0 Å². The molecule has 0 saturated carbocycles. The summed E-state index contributed by atoms with van der Waals surface area (Å²) in [4.78, 5) is 11.8. The van der Waals surface area contributed by atoms with E-state index in [0.29, 0.717) is 27.0 Å². The predicted octanol–water partition coefficient (Wildman–Crippen LogP) is 4.94. The molecule has 2 heterocycles. The molecule has 5 nitrogen and oxygen atoms in total. The Morgan fingerprint density at radius 3 is 2.67 bits per heavy atom. The number of carboxylic acids is 1. The number of thiophene rings is 1. The van der Waals surface area contributed by atoms with E-state index in [-0.39, 0.29) is 28.8 Å². The van der Waals surface area contributed by atoms with Crippen LogP contribution in [0, 0.1) is 6.92 Å². The van der Waals surface area contributed by atoms with Crippen LogP contribution in [0.1, 0.15) is 16.1 Å². The number of aromatic nitrogens is 1. The number of ether oxygens (including phenoxy) is 1. The lowest BCUT2D eigenvalue weighted by Gasteiger charge is -2.08. The first-order chi connectivity index (χ1) is 12.5. The average Bonchev–Trinajstić information content (AvgIpc) is 3.05. The van der Waals surface area contributed by atoms with Gasteiger partial charge in [0.2, 0.25) is 0 Å². The fourth-order valence-corrected chi connectivity index (χ4v) is 3.92. The minimum absolute atomic E-state index is 0.0930. The molecule has 2 aromatic heterocycles. The summed E-state index contributed by atoms with van der Waals surface area (Å²) < 4.78 is 42.7. The molecule has 1 aromatic carbocycles. The number of carbonyl (C=O) groups is 1. The summed E-state index contributed by atoms with van der Waals surface area (Å²) in [5.74, 6) is -1.21. The molecule has 3 rings (SSSR count). The van der Waals surface area contributed by atoms with Crippen LogP contribution in [-0.4, -0.2) is 27.1 Å². The van der Waals surface area contributed by atoms with Gasteiger partial charge in [0.05, 0.1) is 23.5 Å². The molecule has 0 bridgehead atoms. The number of nitrogens with zero attached hydrogens (tertiary/aromatic N) is 1. The van der Waals surface area contributed by atoms with Gasteiger partial charge in [0.25, 0.3) is 0 Å².